The molecular weight excluding hydrogens is 288 g/mol. The van der Waals surface area contributed by atoms with Crippen LogP contribution in [-0.4, -0.2) is 29.9 Å². The molecule has 7 nitrogen and oxygen atoms in total. The molecule has 0 radical (unpaired) electrons. The Bertz CT molecular complexity index is 551. The van der Waals surface area contributed by atoms with Gasteiger partial charge in [0.05, 0.1) is 19.2 Å². The van der Waals surface area contributed by atoms with Crippen molar-refractivity contribution in [1.29, 1.82) is 0 Å². The number of carboxylic acid groups (broad SMARTS) is 1. The van der Waals surface area contributed by atoms with Crippen LogP contribution in [0, 0.1) is 0 Å². The molecule has 0 bridgehead atoms. The SMILES string of the molecule is COc1cc(C(N)CC(=O)O)ccc1NC(=O)OC(C)(C)C. The fourth-order valence-electron chi connectivity index (χ4n) is 1.76. The molecule has 0 saturated heterocycles. The van der Waals surface area contributed by atoms with E-state index in [2.05, 4.69) is 5.32 Å². The van der Waals surface area contributed by atoms with Crippen molar-refractivity contribution in [3.63, 3.8) is 0 Å². The number of carbonyl (C=O) groups excluding carboxylic acids is 1. The summed E-state index contributed by atoms with van der Waals surface area (Å²) in [5.74, 6) is -0.605. The second kappa shape index (κ2) is 7.13. The molecule has 0 aliphatic carbocycles. The van der Waals surface area contributed by atoms with E-state index < -0.39 is 23.7 Å². The Morgan fingerprint density at radius 2 is 2.00 bits per heavy atom. The van der Waals surface area contributed by atoms with Crippen molar-refractivity contribution in [1.82, 2.24) is 0 Å². The number of hydrogen-bond acceptors (Lipinski definition) is 5. The highest BCUT2D eigenvalue weighted by molar-refractivity contribution is 5.87. The molecule has 1 rings (SSSR count). The first-order valence-electron chi connectivity index (χ1n) is 6.77. The Morgan fingerprint density at radius 3 is 2.50 bits per heavy atom. The summed E-state index contributed by atoms with van der Waals surface area (Å²) in [6.45, 7) is 5.29. The van der Waals surface area contributed by atoms with E-state index in [9.17, 15) is 9.59 Å². The number of hydrogen-bond donors (Lipinski definition) is 3. The minimum absolute atomic E-state index is 0.192. The molecule has 0 fully saturated rings. The molecule has 4 N–H and O–H groups in total. The van der Waals surface area contributed by atoms with E-state index in [0.717, 1.165) is 0 Å². The highest BCUT2D eigenvalue weighted by Gasteiger charge is 2.18. The summed E-state index contributed by atoms with van der Waals surface area (Å²) in [5.41, 5.74) is 6.22. The highest BCUT2D eigenvalue weighted by Crippen LogP contribution is 2.29. The third kappa shape index (κ3) is 5.61. The van der Waals surface area contributed by atoms with Crippen LogP contribution in [0.2, 0.25) is 0 Å². The van der Waals surface area contributed by atoms with Crippen LogP contribution < -0.4 is 15.8 Å². The van der Waals surface area contributed by atoms with Gasteiger partial charge in [-0.05, 0) is 38.5 Å². The Kier molecular flexibility index (Phi) is 5.76. The number of nitrogens with one attached hydrogen (secondary N) is 1. The molecule has 1 atom stereocenters. The molecule has 1 aromatic carbocycles. The molecule has 0 aliphatic rings. The summed E-state index contributed by atoms with van der Waals surface area (Å²) in [4.78, 5) is 22.5. The number of amides is 1. The van der Waals surface area contributed by atoms with Crippen LogP contribution in [0.1, 0.15) is 38.8 Å². The number of anilines is 1. The average Bonchev–Trinajstić information content (AvgIpc) is 2.35. The van der Waals surface area contributed by atoms with E-state index in [-0.39, 0.29) is 6.42 Å². The fraction of sp³-hybridized carbons (Fsp3) is 0.467. The maximum absolute atomic E-state index is 11.8. The molecular formula is C15H22N2O5. The lowest BCUT2D eigenvalue weighted by atomic mass is 10.0. The number of benzene rings is 1. The number of carboxylic acids is 1. The lowest BCUT2D eigenvalue weighted by Gasteiger charge is -2.20. The molecule has 1 unspecified atom stereocenters. The largest absolute Gasteiger partial charge is 0.495 e. The quantitative estimate of drug-likeness (QED) is 0.770. The molecule has 0 spiro atoms. The summed E-state index contributed by atoms with van der Waals surface area (Å²) >= 11 is 0. The van der Waals surface area contributed by atoms with Crippen molar-refractivity contribution in [2.75, 3.05) is 12.4 Å². The van der Waals surface area contributed by atoms with Gasteiger partial charge in [0.25, 0.3) is 0 Å². The van der Waals surface area contributed by atoms with Crippen molar-refractivity contribution in [3.8, 4) is 5.75 Å². The second-order valence-electron chi connectivity index (χ2n) is 5.79. The standard InChI is InChI=1S/C15H22N2O5/c1-15(2,3)22-14(20)17-11-6-5-9(7-12(11)21-4)10(16)8-13(18)19/h5-7,10H,8,16H2,1-4H3,(H,17,20)(H,18,19). The molecule has 22 heavy (non-hydrogen) atoms. The normalized spacial score (nSPS) is 12.4. The molecule has 0 saturated carbocycles. The van der Waals surface area contributed by atoms with Gasteiger partial charge in [-0.3, -0.25) is 10.1 Å². The van der Waals surface area contributed by atoms with Gasteiger partial charge in [0.2, 0.25) is 0 Å². The predicted octanol–water partition coefficient (Wildman–Crippen LogP) is 2.52. The van der Waals surface area contributed by atoms with Crippen LogP contribution in [0.25, 0.3) is 0 Å². The molecule has 1 aromatic rings. The first-order valence-corrected chi connectivity index (χ1v) is 6.77. The minimum Gasteiger partial charge on any atom is -0.495 e. The van der Waals surface area contributed by atoms with Gasteiger partial charge in [-0.15, -0.1) is 0 Å². The van der Waals surface area contributed by atoms with Crippen LogP contribution in [0.15, 0.2) is 18.2 Å². The Balaban J connectivity index is 2.89. The summed E-state index contributed by atoms with van der Waals surface area (Å²) < 4.78 is 10.4. The van der Waals surface area contributed by atoms with Gasteiger partial charge in [0.15, 0.2) is 0 Å². The number of aliphatic carboxylic acids is 1. The topological polar surface area (TPSA) is 111 Å². The Morgan fingerprint density at radius 1 is 1.36 bits per heavy atom. The van der Waals surface area contributed by atoms with Crippen molar-refractivity contribution >= 4 is 17.7 Å². The summed E-state index contributed by atoms with van der Waals surface area (Å²) in [7, 11) is 1.45. The van der Waals surface area contributed by atoms with Crippen LogP contribution >= 0.6 is 0 Å². The van der Waals surface area contributed by atoms with Crippen LogP contribution in [-0.2, 0) is 9.53 Å². The molecule has 0 heterocycles. The van der Waals surface area contributed by atoms with Gasteiger partial charge in [-0.1, -0.05) is 6.07 Å². The van der Waals surface area contributed by atoms with Gasteiger partial charge in [-0.25, -0.2) is 4.79 Å². The van der Waals surface area contributed by atoms with Crippen LogP contribution in [0.4, 0.5) is 10.5 Å². The second-order valence-corrected chi connectivity index (χ2v) is 5.79. The zero-order chi connectivity index (χ0) is 16.9. The van der Waals surface area contributed by atoms with Gasteiger partial charge in [-0.2, -0.15) is 0 Å². The van der Waals surface area contributed by atoms with Crippen LogP contribution in [0.5, 0.6) is 5.75 Å². The van der Waals surface area contributed by atoms with Crippen molar-refractivity contribution < 1.29 is 24.2 Å². The van der Waals surface area contributed by atoms with E-state index >= 15 is 0 Å². The van der Waals surface area contributed by atoms with E-state index in [0.29, 0.717) is 17.0 Å². The molecule has 0 aromatic heterocycles. The lowest BCUT2D eigenvalue weighted by molar-refractivity contribution is -0.137. The van der Waals surface area contributed by atoms with Crippen LogP contribution in [0.3, 0.4) is 0 Å². The van der Waals surface area contributed by atoms with Gasteiger partial charge in [0, 0.05) is 6.04 Å². The van der Waals surface area contributed by atoms with Gasteiger partial charge in [0.1, 0.15) is 11.4 Å². The van der Waals surface area contributed by atoms with E-state index in [1.165, 1.54) is 7.11 Å². The first kappa shape index (κ1) is 17.8. The third-order valence-electron chi connectivity index (χ3n) is 2.68. The minimum atomic E-state index is -0.984. The number of methoxy groups -OCH3 is 1. The van der Waals surface area contributed by atoms with Crippen molar-refractivity contribution in [2.24, 2.45) is 5.73 Å². The highest BCUT2D eigenvalue weighted by atomic mass is 16.6. The number of nitrogens with two attached hydrogens (primary N) is 1. The summed E-state index contributed by atoms with van der Waals surface area (Å²) in [6.07, 6.45) is -0.796. The monoisotopic (exact) mass is 310 g/mol. The summed E-state index contributed by atoms with van der Waals surface area (Å²) in [6, 6.07) is 4.19. The predicted molar refractivity (Wildman–Crippen MR) is 82.0 cm³/mol. The lowest BCUT2D eigenvalue weighted by Crippen LogP contribution is -2.27. The first-order chi connectivity index (χ1) is 10.1. The van der Waals surface area contributed by atoms with E-state index in [1.54, 1.807) is 39.0 Å². The number of ether oxygens (including phenoxy) is 2. The van der Waals surface area contributed by atoms with E-state index in [4.69, 9.17) is 20.3 Å². The van der Waals surface area contributed by atoms with Gasteiger partial charge < -0.3 is 20.3 Å². The molecule has 7 heteroatoms. The molecule has 1 amide bonds. The van der Waals surface area contributed by atoms with Crippen molar-refractivity contribution in [2.45, 2.75) is 38.8 Å². The Labute approximate surface area is 129 Å². The number of rotatable bonds is 5. The third-order valence-corrected chi connectivity index (χ3v) is 2.68. The number of carbonyl (C=O) groups is 2. The van der Waals surface area contributed by atoms with Crippen molar-refractivity contribution in [3.05, 3.63) is 23.8 Å². The maximum Gasteiger partial charge on any atom is 0.412 e. The smallest absolute Gasteiger partial charge is 0.412 e. The molecule has 122 valence electrons. The zero-order valence-electron chi connectivity index (χ0n) is 13.2. The Hall–Kier alpha value is -2.28. The average molecular weight is 310 g/mol. The van der Waals surface area contributed by atoms with E-state index in [1.807, 2.05) is 0 Å². The fourth-order valence-corrected chi connectivity index (χ4v) is 1.76. The summed E-state index contributed by atoms with van der Waals surface area (Å²) in [5, 5.41) is 11.4. The van der Waals surface area contributed by atoms with Gasteiger partial charge >= 0.3 is 12.1 Å². The zero-order valence-corrected chi connectivity index (χ0v) is 13.2. The maximum atomic E-state index is 11.8. The molecule has 0 aliphatic heterocycles.